The highest BCUT2D eigenvalue weighted by Crippen LogP contribution is 2.42. The monoisotopic (exact) mass is 642 g/mol. The Bertz CT molecular complexity index is 2110. The molecule has 0 amide bonds. The maximum absolute atomic E-state index is 5.03. The molecule has 0 aliphatic heterocycles. The fourth-order valence-electron chi connectivity index (χ4n) is 6.32. The molecule has 1 unspecified atom stereocenters. The summed E-state index contributed by atoms with van der Waals surface area (Å²) in [6.45, 7) is 4.37. The molecule has 2 nitrogen and oxygen atoms in total. The summed E-state index contributed by atoms with van der Waals surface area (Å²) in [6.07, 6.45) is 10.2. The first-order valence-corrected chi connectivity index (χ1v) is 17.0. The SMILES string of the molecule is CCCc1ccc(C#CC2=Cc3ccc(N=C=S)cc3CC2c2cc(N=C=S)cc3c2C=C(C#Cc2ccc(CC)cc2)CC3)cc1. The standard InChI is InChI=1S/C43H34N2S2/c1-3-5-31-10-12-33(13-11-31)16-18-36-23-35-20-21-39(44-28-46)25-38(35)26-42(36)43-27-40(45-29-47)24-37-19-17-34(22-41(37)43)15-14-32-8-6-30(4-2)7-9-32/h6-13,20-25,27,42H,3-5,17,19,26H2,1-2H3. The zero-order valence-electron chi connectivity index (χ0n) is 26.7. The number of hydrogen-bond donors (Lipinski definition) is 0. The minimum Gasteiger partial charge on any atom is -0.195 e. The summed E-state index contributed by atoms with van der Waals surface area (Å²) in [5.41, 5.74) is 14.5. The number of benzene rings is 4. The van der Waals surface area contributed by atoms with Crippen LogP contribution in [0, 0.1) is 23.7 Å². The van der Waals surface area contributed by atoms with E-state index in [9.17, 15) is 0 Å². The van der Waals surface area contributed by atoms with Crippen molar-refractivity contribution < 1.29 is 0 Å². The Morgan fingerprint density at radius 2 is 1.36 bits per heavy atom. The molecule has 0 bridgehead atoms. The van der Waals surface area contributed by atoms with Gasteiger partial charge in [0.25, 0.3) is 0 Å². The van der Waals surface area contributed by atoms with Gasteiger partial charge in [-0.2, -0.15) is 9.98 Å². The molecule has 0 saturated heterocycles. The Morgan fingerprint density at radius 1 is 0.681 bits per heavy atom. The fraction of sp³-hybridized carbons (Fsp3) is 0.209. The van der Waals surface area contributed by atoms with Crippen LogP contribution in [0.25, 0.3) is 12.2 Å². The third-order valence-corrected chi connectivity index (χ3v) is 8.98. The van der Waals surface area contributed by atoms with Gasteiger partial charge in [-0.05, 0) is 156 Å². The molecule has 0 fully saturated rings. The predicted octanol–water partition coefficient (Wildman–Crippen LogP) is 10.8. The van der Waals surface area contributed by atoms with Crippen LogP contribution in [0.1, 0.15) is 82.7 Å². The first-order valence-electron chi connectivity index (χ1n) is 16.2. The van der Waals surface area contributed by atoms with E-state index in [1.807, 2.05) is 6.07 Å². The number of fused-ring (bicyclic) bond motifs is 2. The summed E-state index contributed by atoms with van der Waals surface area (Å²) < 4.78 is 0. The maximum Gasteiger partial charge on any atom is 0.0745 e. The van der Waals surface area contributed by atoms with Gasteiger partial charge in [0.15, 0.2) is 0 Å². The van der Waals surface area contributed by atoms with E-state index in [0.717, 1.165) is 77.7 Å². The number of nitrogens with zero attached hydrogens (tertiary/aromatic N) is 2. The smallest absolute Gasteiger partial charge is 0.0745 e. The van der Waals surface area contributed by atoms with E-state index >= 15 is 0 Å². The van der Waals surface area contributed by atoms with Gasteiger partial charge < -0.3 is 0 Å². The van der Waals surface area contributed by atoms with E-state index in [2.05, 4.69) is 143 Å². The quantitative estimate of drug-likeness (QED) is 0.119. The lowest BCUT2D eigenvalue weighted by Gasteiger charge is -2.28. The Hall–Kier alpha value is -4.92. The van der Waals surface area contributed by atoms with E-state index in [0.29, 0.717) is 0 Å². The zero-order valence-corrected chi connectivity index (χ0v) is 28.3. The molecule has 1 atom stereocenters. The summed E-state index contributed by atoms with van der Waals surface area (Å²) in [7, 11) is 0. The summed E-state index contributed by atoms with van der Waals surface area (Å²) in [5, 5.41) is 5.09. The van der Waals surface area contributed by atoms with E-state index in [-0.39, 0.29) is 5.92 Å². The van der Waals surface area contributed by atoms with Gasteiger partial charge in [0.1, 0.15) is 0 Å². The van der Waals surface area contributed by atoms with E-state index in [4.69, 9.17) is 24.4 Å². The highest BCUT2D eigenvalue weighted by Gasteiger charge is 2.27. The van der Waals surface area contributed by atoms with Gasteiger partial charge in [-0.25, -0.2) is 0 Å². The van der Waals surface area contributed by atoms with Gasteiger partial charge in [-0.3, -0.25) is 0 Å². The van der Waals surface area contributed by atoms with Crippen molar-refractivity contribution in [3.05, 3.63) is 140 Å². The van der Waals surface area contributed by atoms with Crippen molar-refractivity contribution in [3.63, 3.8) is 0 Å². The average Bonchev–Trinajstić information content (AvgIpc) is 3.10. The first-order chi connectivity index (χ1) is 23.1. The third-order valence-electron chi connectivity index (χ3n) is 8.80. The second-order valence-electron chi connectivity index (χ2n) is 11.9. The summed E-state index contributed by atoms with van der Waals surface area (Å²) >= 11 is 9.94. The van der Waals surface area contributed by atoms with E-state index < -0.39 is 0 Å². The highest BCUT2D eigenvalue weighted by atomic mass is 32.1. The molecule has 0 heterocycles. The molecule has 4 heteroatoms. The van der Waals surface area contributed by atoms with Crippen molar-refractivity contribution in [2.75, 3.05) is 0 Å². The maximum atomic E-state index is 5.03. The third kappa shape index (κ3) is 7.73. The molecule has 0 N–H and O–H groups in total. The van der Waals surface area contributed by atoms with Crippen molar-refractivity contribution in [1.82, 2.24) is 0 Å². The van der Waals surface area contributed by atoms with E-state index in [1.165, 1.54) is 33.4 Å². The fourth-order valence-corrected chi connectivity index (χ4v) is 6.53. The van der Waals surface area contributed by atoms with Crippen molar-refractivity contribution in [3.8, 4) is 23.7 Å². The molecular formula is C43H34N2S2. The normalized spacial score (nSPS) is 14.3. The van der Waals surface area contributed by atoms with Gasteiger partial charge in [0, 0.05) is 28.2 Å². The molecule has 0 spiro atoms. The second kappa shape index (κ2) is 15.1. The zero-order chi connectivity index (χ0) is 32.6. The molecule has 4 aromatic carbocycles. The van der Waals surface area contributed by atoms with Crippen molar-refractivity contribution in [1.29, 1.82) is 0 Å². The Balaban J connectivity index is 1.46. The van der Waals surface area contributed by atoms with Crippen LogP contribution in [0.2, 0.25) is 0 Å². The van der Waals surface area contributed by atoms with Gasteiger partial charge in [-0.1, -0.05) is 74.3 Å². The van der Waals surface area contributed by atoms with Crippen LogP contribution in [-0.4, -0.2) is 10.3 Å². The largest absolute Gasteiger partial charge is 0.195 e. The van der Waals surface area contributed by atoms with Crippen molar-refractivity contribution in [2.24, 2.45) is 9.98 Å². The molecule has 47 heavy (non-hydrogen) atoms. The van der Waals surface area contributed by atoms with Crippen molar-refractivity contribution in [2.45, 2.75) is 58.3 Å². The molecule has 0 radical (unpaired) electrons. The molecule has 228 valence electrons. The summed E-state index contributed by atoms with van der Waals surface area (Å²) in [4.78, 5) is 8.69. The minimum absolute atomic E-state index is 0.000226. The molecule has 2 aliphatic carbocycles. The minimum atomic E-state index is 0.000226. The number of aryl methyl sites for hydroxylation is 3. The molecular weight excluding hydrogens is 609 g/mol. The molecule has 4 aromatic rings. The number of allylic oxidation sites excluding steroid dienone is 2. The molecule has 0 saturated carbocycles. The number of isothiocyanates is 2. The van der Waals surface area contributed by atoms with Crippen LogP contribution in [0.4, 0.5) is 11.4 Å². The van der Waals surface area contributed by atoms with Crippen LogP contribution in [0.15, 0.2) is 100.0 Å². The lowest BCUT2D eigenvalue weighted by molar-refractivity contribution is 0.793. The summed E-state index contributed by atoms with van der Waals surface area (Å²) in [5.74, 6) is 13.9. The van der Waals surface area contributed by atoms with Crippen LogP contribution < -0.4 is 0 Å². The topological polar surface area (TPSA) is 24.7 Å². The van der Waals surface area contributed by atoms with Crippen LogP contribution >= 0.6 is 24.4 Å². The summed E-state index contributed by atoms with van der Waals surface area (Å²) in [6, 6.07) is 27.6. The number of rotatable bonds is 6. The van der Waals surface area contributed by atoms with Gasteiger partial charge >= 0.3 is 0 Å². The van der Waals surface area contributed by atoms with Gasteiger partial charge in [0.2, 0.25) is 0 Å². The van der Waals surface area contributed by atoms with Crippen LogP contribution in [0.3, 0.4) is 0 Å². The van der Waals surface area contributed by atoms with E-state index in [1.54, 1.807) is 0 Å². The predicted molar refractivity (Wildman–Crippen MR) is 203 cm³/mol. The molecule has 0 aromatic heterocycles. The van der Waals surface area contributed by atoms with Gasteiger partial charge in [-0.15, -0.1) is 0 Å². The van der Waals surface area contributed by atoms with Crippen LogP contribution in [0.5, 0.6) is 0 Å². The highest BCUT2D eigenvalue weighted by molar-refractivity contribution is 7.78. The lowest BCUT2D eigenvalue weighted by Crippen LogP contribution is -2.14. The lowest BCUT2D eigenvalue weighted by atomic mass is 9.75. The Morgan fingerprint density at radius 3 is 2.06 bits per heavy atom. The average molecular weight is 643 g/mol. The van der Waals surface area contributed by atoms with Crippen molar-refractivity contribution >= 4 is 58.3 Å². The Labute approximate surface area is 289 Å². The molecule has 6 rings (SSSR count). The number of thiocarbonyl (C=S) groups is 2. The first kappa shape index (κ1) is 32.0. The van der Waals surface area contributed by atoms with Crippen LogP contribution in [-0.2, 0) is 25.7 Å². The number of aliphatic imine (C=N–C) groups is 2. The Kier molecular flexibility index (Phi) is 10.3. The second-order valence-corrected chi connectivity index (χ2v) is 12.3. The molecule has 2 aliphatic rings. The number of hydrogen-bond acceptors (Lipinski definition) is 4. The van der Waals surface area contributed by atoms with Gasteiger partial charge in [0.05, 0.1) is 21.7 Å².